The maximum atomic E-state index is 13.9. The molecule has 2 aliphatic rings. The Hall–Kier alpha value is -4.26. The van der Waals surface area contributed by atoms with Crippen molar-refractivity contribution in [3.8, 4) is 11.5 Å². The van der Waals surface area contributed by atoms with Crippen LogP contribution in [0.5, 0.6) is 11.5 Å². The minimum absolute atomic E-state index is 0.223. The van der Waals surface area contributed by atoms with Crippen LogP contribution in [0.25, 0.3) is 10.9 Å². The van der Waals surface area contributed by atoms with E-state index in [1.165, 1.54) is 4.90 Å². The van der Waals surface area contributed by atoms with E-state index < -0.39 is 12.1 Å². The van der Waals surface area contributed by atoms with Gasteiger partial charge in [0.25, 0.3) is 5.91 Å². The second kappa shape index (κ2) is 7.66. The van der Waals surface area contributed by atoms with Crippen LogP contribution in [0.1, 0.15) is 22.9 Å². The zero-order valence-corrected chi connectivity index (χ0v) is 18.8. The zero-order chi connectivity index (χ0) is 23.4. The van der Waals surface area contributed by atoms with Gasteiger partial charge in [-0.05, 0) is 42.0 Å². The van der Waals surface area contributed by atoms with E-state index >= 15 is 0 Å². The quantitative estimate of drug-likeness (QED) is 0.456. The molecule has 0 aliphatic carbocycles. The van der Waals surface area contributed by atoms with E-state index in [9.17, 15) is 9.59 Å². The Bertz CT molecular complexity index is 1430. The molecule has 1 N–H and O–H groups in total. The fourth-order valence-electron chi connectivity index (χ4n) is 5.27. The number of nitrogens with one attached hydrogen (secondary N) is 1. The molecule has 0 unspecified atom stereocenters. The van der Waals surface area contributed by atoms with Crippen LogP contribution < -0.4 is 14.4 Å². The molecule has 7 heteroatoms. The molecule has 6 rings (SSSR count). The van der Waals surface area contributed by atoms with Gasteiger partial charge in [-0.3, -0.25) is 9.69 Å². The summed E-state index contributed by atoms with van der Waals surface area (Å²) in [6, 6.07) is 21.1. The molecule has 0 bridgehead atoms. The highest BCUT2D eigenvalue weighted by Gasteiger charge is 2.53. The van der Waals surface area contributed by atoms with Crippen molar-refractivity contribution in [1.29, 1.82) is 0 Å². The number of carbonyl (C=O) groups excluding carboxylic acids is 2. The molecule has 2 aliphatic heterocycles. The lowest BCUT2D eigenvalue weighted by Crippen LogP contribution is -2.44. The molecular formula is C27H23N3O4. The number of ether oxygens (including phenoxy) is 2. The smallest absolute Gasteiger partial charge is 0.332 e. The van der Waals surface area contributed by atoms with Gasteiger partial charge >= 0.3 is 6.03 Å². The van der Waals surface area contributed by atoms with Crippen LogP contribution in [0, 0.1) is 0 Å². The lowest BCUT2D eigenvalue weighted by Gasteiger charge is -2.36. The number of para-hydroxylation sites is 2. The first-order chi connectivity index (χ1) is 16.6. The first-order valence-electron chi connectivity index (χ1n) is 11.1. The van der Waals surface area contributed by atoms with Gasteiger partial charge in [0, 0.05) is 28.6 Å². The highest BCUT2D eigenvalue weighted by atomic mass is 16.5. The summed E-state index contributed by atoms with van der Waals surface area (Å²) in [6.07, 6.45) is 0.441. The number of benzene rings is 3. The number of amides is 3. The molecule has 3 heterocycles. The molecule has 2 atom stereocenters. The molecule has 170 valence electrons. The molecule has 4 aromatic rings. The average Bonchev–Trinajstić information content (AvgIpc) is 3.37. The highest BCUT2D eigenvalue weighted by molar-refractivity contribution is 6.22. The van der Waals surface area contributed by atoms with Gasteiger partial charge in [0.05, 0.1) is 19.9 Å². The normalized spacial score (nSPS) is 19.4. The van der Waals surface area contributed by atoms with Crippen molar-refractivity contribution in [3.05, 3.63) is 89.6 Å². The van der Waals surface area contributed by atoms with Crippen molar-refractivity contribution in [2.24, 2.45) is 0 Å². The van der Waals surface area contributed by atoms with E-state index in [1.54, 1.807) is 31.3 Å². The van der Waals surface area contributed by atoms with Gasteiger partial charge in [-0.2, -0.15) is 0 Å². The fraction of sp³-hybridized carbons (Fsp3) is 0.185. The molecule has 0 radical (unpaired) electrons. The molecule has 3 amide bonds. The Morgan fingerprint density at radius 1 is 0.912 bits per heavy atom. The summed E-state index contributed by atoms with van der Waals surface area (Å²) in [6.45, 7) is 0. The number of anilines is 1. The van der Waals surface area contributed by atoms with E-state index in [0.29, 0.717) is 23.6 Å². The number of methoxy groups -OCH3 is 2. The van der Waals surface area contributed by atoms with Crippen LogP contribution in [-0.2, 0) is 11.2 Å². The fourth-order valence-corrected chi connectivity index (χ4v) is 5.27. The van der Waals surface area contributed by atoms with Crippen molar-refractivity contribution in [3.63, 3.8) is 0 Å². The standard InChI is InChI=1S/C27H23N3O4/c1-33-17-12-13-23(34-2)20(14-17)25-24-19(18-10-6-7-11-21(18)28-24)15-22-26(31)29(27(32)30(22)25)16-8-4-3-5-9-16/h3-14,22,25,28H,15H2,1-2H3/t22-,25+/m0/s1. The molecule has 1 fully saturated rings. The number of H-pyrrole nitrogens is 1. The predicted molar refractivity (Wildman–Crippen MR) is 128 cm³/mol. The number of rotatable bonds is 4. The van der Waals surface area contributed by atoms with Gasteiger partial charge in [-0.1, -0.05) is 36.4 Å². The Labute approximate surface area is 196 Å². The monoisotopic (exact) mass is 453 g/mol. The minimum Gasteiger partial charge on any atom is -0.497 e. The first-order valence-corrected chi connectivity index (χ1v) is 11.1. The summed E-state index contributed by atoms with van der Waals surface area (Å²) in [5, 5.41) is 1.06. The van der Waals surface area contributed by atoms with Crippen LogP contribution >= 0.6 is 0 Å². The average molecular weight is 453 g/mol. The summed E-state index contributed by atoms with van der Waals surface area (Å²) in [5.41, 5.74) is 4.23. The predicted octanol–water partition coefficient (Wildman–Crippen LogP) is 4.67. The number of hydrogen-bond acceptors (Lipinski definition) is 4. The minimum atomic E-state index is -0.625. The lowest BCUT2D eigenvalue weighted by molar-refractivity contribution is -0.120. The van der Waals surface area contributed by atoms with Gasteiger partial charge in [-0.25, -0.2) is 9.69 Å². The SMILES string of the molecule is COc1ccc(OC)c([C@@H]2c3[nH]c4ccccc4c3C[C@H]3C(=O)N(c4ccccc4)C(=O)N23)c1. The third-order valence-electron chi connectivity index (χ3n) is 6.79. The number of carbonyl (C=O) groups is 2. The van der Waals surface area contributed by atoms with E-state index in [4.69, 9.17) is 9.47 Å². The van der Waals surface area contributed by atoms with Gasteiger partial charge in [-0.15, -0.1) is 0 Å². The molecule has 1 aromatic heterocycles. The number of fused-ring (bicyclic) bond motifs is 4. The molecule has 1 saturated heterocycles. The number of imide groups is 1. The third kappa shape index (κ3) is 2.83. The van der Waals surface area contributed by atoms with Crippen molar-refractivity contribution >= 4 is 28.5 Å². The van der Waals surface area contributed by atoms with Gasteiger partial charge in [0.15, 0.2) is 0 Å². The number of aromatic amines is 1. The summed E-state index contributed by atoms with van der Waals surface area (Å²) in [7, 11) is 3.20. The molecule has 3 aromatic carbocycles. The Morgan fingerprint density at radius 2 is 1.68 bits per heavy atom. The lowest BCUT2D eigenvalue weighted by atomic mass is 9.88. The van der Waals surface area contributed by atoms with Crippen LogP contribution in [0.3, 0.4) is 0 Å². The second-order valence-electron chi connectivity index (χ2n) is 8.49. The number of urea groups is 1. The Kier molecular flexibility index (Phi) is 4.58. The molecule has 0 spiro atoms. The molecule has 7 nitrogen and oxygen atoms in total. The van der Waals surface area contributed by atoms with Crippen LogP contribution in [0.2, 0.25) is 0 Å². The van der Waals surface area contributed by atoms with Crippen molar-refractivity contribution in [2.75, 3.05) is 19.1 Å². The molecular weight excluding hydrogens is 430 g/mol. The van der Waals surface area contributed by atoms with Crippen LogP contribution in [0.15, 0.2) is 72.8 Å². The molecule has 0 saturated carbocycles. The zero-order valence-electron chi connectivity index (χ0n) is 18.8. The van der Waals surface area contributed by atoms with Gasteiger partial charge < -0.3 is 14.5 Å². The third-order valence-corrected chi connectivity index (χ3v) is 6.79. The van der Waals surface area contributed by atoms with E-state index in [-0.39, 0.29) is 11.9 Å². The summed E-state index contributed by atoms with van der Waals surface area (Å²) in [4.78, 5) is 34.0. The van der Waals surface area contributed by atoms with Crippen molar-refractivity contribution in [2.45, 2.75) is 18.5 Å². The number of hydrogen-bond donors (Lipinski definition) is 1. The Balaban J connectivity index is 1.59. The van der Waals surface area contributed by atoms with E-state index in [0.717, 1.165) is 27.7 Å². The largest absolute Gasteiger partial charge is 0.497 e. The maximum absolute atomic E-state index is 13.9. The van der Waals surface area contributed by atoms with Crippen LogP contribution in [0.4, 0.5) is 10.5 Å². The van der Waals surface area contributed by atoms with E-state index in [1.807, 2.05) is 54.6 Å². The number of aromatic nitrogens is 1. The van der Waals surface area contributed by atoms with Crippen molar-refractivity contribution < 1.29 is 19.1 Å². The van der Waals surface area contributed by atoms with Crippen LogP contribution in [-0.4, -0.2) is 42.1 Å². The first kappa shape index (κ1) is 20.4. The summed E-state index contributed by atoms with van der Waals surface area (Å²) >= 11 is 0. The highest BCUT2D eigenvalue weighted by Crippen LogP contribution is 2.47. The van der Waals surface area contributed by atoms with Gasteiger partial charge in [0.2, 0.25) is 0 Å². The number of nitrogens with zero attached hydrogens (tertiary/aromatic N) is 2. The van der Waals surface area contributed by atoms with Gasteiger partial charge in [0.1, 0.15) is 23.6 Å². The maximum Gasteiger partial charge on any atom is 0.332 e. The topological polar surface area (TPSA) is 74.9 Å². The Morgan fingerprint density at radius 3 is 2.44 bits per heavy atom. The molecule has 34 heavy (non-hydrogen) atoms. The van der Waals surface area contributed by atoms with E-state index in [2.05, 4.69) is 11.1 Å². The second-order valence-corrected chi connectivity index (χ2v) is 8.49. The van der Waals surface area contributed by atoms with Crippen molar-refractivity contribution in [1.82, 2.24) is 9.88 Å². The summed E-state index contributed by atoms with van der Waals surface area (Å²) in [5.74, 6) is 1.04. The summed E-state index contributed by atoms with van der Waals surface area (Å²) < 4.78 is 11.2.